The Hall–Kier alpha value is -2.19. The average molecular weight is 348 g/mol. The maximum atomic E-state index is 13.8. The first-order valence-corrected chi connectivity index (χ1v) is 7.57. The third-order valence-corrected chi connectivity index (χ3v) is 4.37. The molecule has 0 saturated carbocycles. The second-order valence-corrected chi connectivity index (χ2v) is 6.24. The van der Waals surface area contributed by atoms with Crippen molar-refractivity contribution in [2.75, 3.05) is 4.72 Å². The van der Waals surface area contributed by atoms with Crippen molar-refractivity contribution >= 4 is 33.3 Å². The summed E-state index contributed by atoms with van der Waals surface area (Å²) in [5, 5.41) is 8.64. The molecule has 0 amide bonds. The van der Waals surface area contributed by atoms with Gasteiger partial charge in [0.15, 0.2) is 0 Å². The van der Waals surface area contributed by atoms with Crippen molar-refractivity contribution < 1.29 is 27.1 Å². The van der Waals surface area contributed by atoms with E-state index in [2.05, 4.69) is 0 Å². The maximum absolute atomic E-state index is 13.8. The molecular weight excluding hydrogens is 340 g/mol. The number of aromatic carboxylic acids is 1. The number of carboxylic acid groups (broad SMARTS) is 1. The van der Waals surface area contributed by atoms with Crippen molar-refractivity contribution in [3.05, 3.63) is 58.6 Å². The zero-order chi connectivity index (χ0) is 16.5. The topological polar surface area (TPSA) is 83.5 Å². The summed E-state index contributed by atoms with van der Waals surface area (Å²) in [6.07, 6.45) is 0. The van der Waals surface area contributed by atoms with Crippen molar-refractivity contribution in [1.82, 2.24) is 0 Å². The van der Waals surface area contributed by atoms with Gasteiger partial charge < -0.3 is 5.11 Å². The lowest BCUT2D eigenvalue weighted by Crippen LogP contribution is -2.15. The number of nitrogens with one attached hydrogen (secondary N) is 1. The lowest BCUT2D eigenvalue weighted by atomic mass is 10.2. The van der Waals surface area contributed by atoms with Gasteiger partial charge in [0.1, 0.15) is 16.5 Å². The quantitative estimate of drug-likeness (QED) is 0.890. The molecule has 0 atom stereocenters. The fourth-order valence-electron chi connectivity index (χ4n) is 1.63. The first-order chi connectivity index (χ1) is 10.2. The Balaban J connectivity index is 2.43. The number of hydrogen-bond donors (Lipinski definition) is 2. The van der Waals surface area contributed by atoms with Crippen molar-refractivity contribution in [3.8, 4) is 0 Å². The Bertz CT molecular complexity index is 855. The Morgan fingerprint density at radius 3 is 2.41 bits per heavy atom. The van der Waals surface area contributed by atoms with Gasteiger partial charge in [0.05, 0.1) is 16.3 Å². The normalized spacial score (nSPS) is 11.2. The molecule has 0 aliphatic rings. The number of anilines is 1. The second kappa shape index (κ2) is 5.90. The molecule has 0 fully saturated rings. The first kappa shape index (κ1) is 16.2. The third kappa shape index (κ3) is 3.34. The summed E-state index contributed by atoms with van der Waals surface area (Å²) in [4.78, 5) is 9.92. The van der Waals surface area contributed by atoms with Crippen LogP contribution < -0.4 is 4.72 Å². The van der Waals surface area contributed by atoms with Crippen LogP contribution in [0.15, 0.2) is 41.3 Å². The fourth-order valence-corrected chi connectivity index (χ4v) is 2.98. The third-order valence-electron chi connectivity index (χ3n) is 2.64. The van der Waals surface area contributed by atoms with Crippen molar-refractivity contribution in [3.63, 3.8) is 0 Å². The van der Waals surface area contributed by atoms with E-state index < -0.39 is 38.1 Å². The molecular formula is C13H8ClF2NO4S. The van der Waals surface area contributed by atoms with Gasteiger partial charge in [0, 0.05) is 0 Å². The fraction of sp³-hybridized carbons (Fsp3) is 0. The van der Waals surface area contributed by atoms with E-state index in [9.17, 15) is 22.0 Å². The van der Waals surface area contributed by atoms with Gasteiger partial charge in [-0.15, -0.1) is 0 Å². The van der Waals surface area contributed by atoms with Crippen LogP contribution in [0.4, 0.5) is 14.5 Å². The Kier molecular flexibility index (Phi) is 4.34. The van der Waals surface area contributed by atoms with Gasteiger partial charge in [0.25, 0.3) is 10.0 Å². The van der Waals surface area contributed by atoms with Gasteiger partial charge in [-0.05, 0) is 36.4 Å². The molecule has 0 aliphatic carbocycles. The van der Waals surface area contributed by atoms with E-state index in [0.29, 0.717) is 6.07 Å². The van der Waals surface area contributed by atoms with Crippen molar-refractivity contribution in [1.29, 1.82) is 0 Å². The van der Waals surface area contributed by atoms with Crippen molar-refractivity contribution in [2.24, 2.45) is 0 Å². The van der Waals surface area contributed by atoms with Crippen LogP contribution in [0.25, 0.3) is 0 Å². The molecule has 9 heteroatoms. The molecule has 0 radical (unpaired) electrons. The molecule has 0 heterocycles. The summed E-state index contributed by atoms with van der Waals surface area (Å²) in [6.45, 7) is 0. The van der Waals surface area contributed by atoms with Crippen LogP contribution in [0.3, 0.4) is 0 Å². The monoisotopic (exact) mass is 347 g/mol. The summed E-state index contributed by atoms with van der Waals surface area (Å²) in [6, 6.07) is 5.32. The van der Waals surface area contributed by atoms with E-state index in [-0.39, 0.29) is 10.7 Å². The van der Waals surface area contributed by atoms with Gasteiger partial charge in [-0.1, -0.05) is 11.6 Å². The highest BCUT2D eigenvalue weighted by molar-refractivity contribution is 7.92. The summed E-state index contributed by atoms with van der Waals surface area (Å²) < 4.78 is 53.0. The van der Waals surface area contributed by atoms with Crippen molar-refractivity contribution in [2.45, 2.75) is 4.90 Å². The number of hydrogen-bond acceptors (Lipinski definition) is 3. The zero-order valence-electron chi connectivity index (χ0n) is 10.7. The van der Waals surface area contributed by atoms with Gasteiger partial charge >= 0.3 is 5.97 Å². The predicted octanol–water partition coefficient (Wildman–Crippen LogP) is 3.12. The van der Waals surface area contributed by atoms with Gasteiger partial charge in [0.2, 0.25) is 0 Å². The number of rotatable bonds is 4. The number of carboxylic acids is 1. The summed E-state index contributed by atoms with van der Waals surface area (Å²) in [5.74, 6) is -3.38. The Labute approximate surface area is 129 Å². The lowest BCUT2D eigenvalue weighted by Gasteiger charge is -2.10. The molecule has 2 aromatic carbocycles. The lowest BCUT2D eigenvalue weighted by molar-refractivity contribution is 0.0696. The molecule has 2 aromatic rings. The van der Waals surface area contributed by atoms with Crippen LogP contribution in [0.2, 0.25) is 5.02 Å². The van der Waals surface area contributed by atoms with E-state index in [4.69, 9.17) is 16.7 Å². The molecule has 5 nitrogen and oxygen atoms in total. The summed E-state index contributed by atoms with van der Waals surface area (Å²) in [7, 11) is -4.39. The minimum absolute atomic E-state index is 0.0764. The molecule has 22 heavy (non-hydrogen) atoms. The van der Waals surface area contributed by atoms with Crippen LogP contribution in [0.1, 0.15) is 10.4 Å². The smallest absolute Gasteiger partial charge is 0.335 e. The van der Waals surface area contributed by atoms with E-state index in [1.807, 2.05) is 4.72 Å². The van der Waals surface area contributed by atoms with Crippen LogP contribution in [-0.4, -0.2) is 19.5 Å². The predicted molar refractivity (Wildman–Crippen MR) is 75.6 cm³/mol. The van der Waals surface area contributed by atoms with E-state index in [1.165, 1.54) is 0 Å². The zero-order valence-corrected chi connectivity index (χ0v) is 12.3. The molecule has 0 aliphatic heterocycles. The highest BCUT2D eigenvalue weighted by Gasteiger charge is 2.21. The van der Waals surface area contributed by atoms with Gasteiger partial charge in [-0.2, -0.15) is 0 Å². The molecule has 116 valence electrons. The van der Waals surface area contributed by atoms with E-state index >= 15 is 0 Å². The molecule has 0 unspecified atom stereocenters. The maximum Gasteiger partial charge on any atom is 0.335 e. The minimum atomic E-state index is -4.39. The van der Waals surface area contributed by atoms with Crippen LogP contribution in [0, 0.1) is 11.6 Å². The summed E-state index contributed by atoms with van der Waals surface area (Å²) >= 11 is 5.73. The van der Waals surface area contributed by atoms with Gasteiger partial charge in [-0.3, -0.25) is 4.72 Å². The molecule has 2 N–H and O–H groups in total. The van der Waals surface area contributed by atoms with Crippen LogP contribution >= 0.6 is 11.6 Å². The standard InChI is InChI=1S/C13H8ClF2NO4S/c14-9-3-2-8(15)6-11(9)17-22(20,21)12-4-1-7(13(18)19)5-10(12)16/h1-6,17H,(H,18,19). The van der Waals surface area contributed by atoms with E-state index in [1.54, 1.807) is 0 Å². The molecule has 0 saturated heterocycles. The largest absolute Gasteiger partial charge is 0.478 e. The molecule has 0 aromatic heterocycles. The number of sulfonamides is 1. The first-order valence-electron chi connectivity index (χ1n) is 5.71. The summed E-state index contributed by atoms with van der Waals surface area (Å²) in [5.41, 5.74) is -0.663. The average Bonchev–Trinajstić information content (AvgIpc) is 2.42. The molecule has 0 bridgehead atoms. The molecule has 0 spiro atoms. The SMILES string of the molecule is O=C(O)c1ccc(S(=O)(=O)Nc2cc(F)ccc2Cl)c(F)c1. The molecule has 2 rings (SSSR count). The number of halogens is 3. The Morgan fingerprint density at radius 2 is 1.82 bits per heavy atom. The van der Waals surface area contributed by atoms with E-state index in [0.717, 1.165) is 30.3 Å². The second-order valence-electron chi connectivity index (χ2n) is 4.18. The Morgan fingerprint density at radius 1 is 1.14 bits per heavy atom. The van der Waals surface area contributed by atoms with Crippen LogP contribution in [0.5, 0.6) is 0 Å². The number of benzene rings is 2. The highest BCUT2D eigenvalue weighted by Crippen LogP contribution is 2.26. The number of carbonyl (C=O) groups is 1. The van der Waals surface area contributed by atoms with Gasteiger partial charge in [-0.25, -0.2) is 22.0 Å². The minimum Gasteiger partial charge on any atom is -0.478 e. The highest BCUT2D eigenvalue weighted by atomic mass is 35.5. The van der Waals surface area contributed by atoms with Crippen LogP contribution in [-0.2, 0) is 10.0 Å².